The number of nitrogens with zero attached hydrogens (tertiary/aromatic N) is 3. The van der Waals surface area contributed by atoms with Crippen LogP contribution in [0.4, 0.5) is 0 Å². The van der Waals surface area contributed by atoms with Crippen molar-refractivity contribution in [2.75, 3.05) is 33.4 Å². The molecule has 1 aliphatic rings. The van der Waals surface area contributed by atoms with E-state index in [9.17, 15) is 14.4 Å². The molecule has 3 aromatic rings. The van der Waals surface area contributed by atoms with Gasteiger partial charge in [-0.2, -0.15) is 0 Å². The lowest BCUT2D eigenvalue weighted by Crippen LogP contribution is -2.47. The molecule has 2 aromatic carbocycles. The van der Waals surface area contributed by atoms with Crippen LogP contribution in [0, 0.1) is 5.92 Å². The van der Waals surface area contributed by atoms with Gasteiger partial charge in [-0.3, -0.25) is 14.4 Å². The monoisotopic (exact) mass is 505 g/mol. The maximum Gasteiger partial charge on any atom is 0.310 e. The van der Waals surface area contributed by atoms with Gasteiger partial charge in [0.1, 0.15) is 12.3 Å². The van der Waals surface area contributed by atoms with Crippen molar-refractivity contribution in [1.82, 2.24) is 15.0 Å². The molecule has 9 heteroatoms. The van der Waals surface area contributed by atoms with E-state index in [2.05, 4.69) is 5.16 Å². The highest BCUT2D eigenvalue weighted by Crippen LogP contribution is 2.24. The van der Waals surface area contributed by atoms with Crippen LogP contribution < -0.4 is 4.74 Å². The Morgan fingerprint density at radius 3 is 2.57 bits per heavy atom. The molecule has 1 fully saturated rings. The van der Waals surface area contributed by atoms with Gasteiger partial charge in [0.2, 0.25) is 5.91 Å². The van der Waals surface area contributed by atoms with E-state index in [1.165, 1.54) is 4.90 Å². The van der Waals surface area contributed by atoms with Gasteiger partial charge in [0.25, 0.3) is 5.91 Å². The Bertz CT molecular complexity index is 1210. The Morgan fingerprint density at radius 2 is 1.86 bits per heavy atom. The molecule has 0 spiro atoms. The first-order valence-electron chi connectivity index (χ1n) is 12.4. The van der Waals surface area contributed by atoms with E-state index >= 15 is 0 Å². The smallest absolute Gasteiger partial charge is 0.310 e. The lowest BCUT2D eigenvalue weighted by molar-refractivity contribution is -0.151. The quantitative estimate of drug-likeness (QED) is 0.408. The van der Waals surface area contributed by atoms with E-state index in [4.69, 9.17) is 14.0 Å². The van der Waals surface area contributed by atoms with E-state index < -0.39 is 5.91 Å². The normalized spacial score (nSPS) is 15.2. The van der Waals surface area contributed by atoms with Crippen LogP contribution in [0.25, 0.3) is 11.3 Å². The zero-order chi connectivity index (χ0) is 26.2. The van der Waals surface area contributed by atoms with Gasteiger partial charge in [-0.15, -0.1) is 0 Å². The largest absolute Gasteiger partial charge is 0.497 e. The number of amides is 2. The molecule has 4 rings (SSSR count). The molecule has 1 unspecified atom stereocenters. The fourth-order valence-corrected chi connectivity index (χ4v) is 4.35. The van der Waals surface area contributed by atoms with Crippen molar-refractivity contribution in [3.8, 4) is 17.1 Å². The summed E-state index contributed by atoms with van der Waals surface area (Å²) in [6.07, 6.45) is 1.39. The summed E-state index contributed by atoms with van der Waals surface area (Å²) >= 11 is 0. The Kier molecular flexibility index (Phi) is 8.56. The zero-order valence-electron chi connectivity index (χ0n) is 21.1. The summed E-state index contributed by atoms with van der Waals surface area (Å²) in [5, 5.41) is 3.99. The van der Waals surface area contributed by atoms with Crippen molar-refractivity contribution in [3.05, 3.63) is 71.9 Å². The van der Waals surface area contributed by atoms with E-state index in [1.54, 1.807) is 37.1 Å². The first-order chi connectivity index (χ1) is 18.0. The summed E-state index contributed by atoms with van der Waals surface area (Å²) in [5.74, 6) is -0.137. The number of esters is 1. The molecule has 0 radical (unpaired) electrons. The topological polar surface area (TPSA) is 102 Å². The third-order valence-electron chi connectivity index (χ3n) is 6.33. The van der Waals surface area contributed by atoms with Crippen molar-refractivity contribution < 1.29 is 28.4 Å². The lowest BCUT2D eigenvalue weighted by atomic mass is 9.98. The van der Waals surface area contributed by atoms with Crippen LogP contribution in [0.3, 0.4) is 0 Å². The summed E-state index contributed by atoms with van der Waals surface area (Å²) in [5.41, 5.74) is 1.74. The van der Waals surface area contributed by atoms with Crippen molar-refractivity contribution >= 4 is 17.8 Å². The molecule has 2 amide bonds. The number of rotatable bonds is 9. The highest BCUT2D eigenvalue weighted by molar-refractivity contribution is 5.95. The van der Waals surface area contributed by atoms with Gasteiger partial charge in [0.05, 0.1) is 19.6 Å². The molecule has 1 atom stereocenters. The second-order valence-corrected chi connectivity index (χ2v) is 8.88. The second-order valence-electron chi connectivity index (χ2n) is 8.88. The standard InChI is InChI=1S/C28H31N3O6/c1-3-36-28(34)22-10-7-15-30(18-22)26(32)19-31(17-20-8-5-4-6-9-20)27(33)24-16-25(37-29-24)21-11-13-23(35-2)14-12-21/h4-6,8-9,11-14,16,22H,3,7,10,15,17-19H2,1-2H3. The zero-order valence-corrected chi connectivity index (χ0v) is 21.1. The molecule has 0 saturated carbocycles. The summed E-state index contributed by atoms with van der Waals surface area (Å²) in [6.45, 7) is 2.98. The van der Waals surface area contributed by atoms with Crippen LogP contribution in [-0.2, 0) is 20.9 Å². The molecule has 1 aromatic heterocycles. The van der Waals surface area contributed by atoms with E-state index in [-0.39, 0.29) is 43.1 Å². The summed E-state index contributed by atoms with van der Waals surface area (Å²) < 4.78 is 15.8. The number of carbonyl (C=O) groups is 3. The fourth-order valence-electron chi connectivity index (χ4n) is 4.35. The van der Waals surface area contributed by atoms with Crippen LogP contribution >= 0.6 is 0 Å². The Morgan fingerprint density at radius 1 is 1.11 bits per heavy atom. The molecule has 9 nitrogen and oxygen atoms in total. The summed E-state index contributed by atoms with van der Waals surface area (Å²) in [7, 11) is 1.59. The molecule has 194 valence electrons. The maximum absolute atomic E-state index is 13.5. The SMILES string of the molecule is CCOC(=O)C1CCCN(C(=O)CN(Cc2ccccc2)C(=O)c2cc(-c3ccc(OC)cc3)on2)C1. The van der Waals surface area contributed by atoms with E-state index in [0.717, 1.165) is 11.1 Å². The molecular formula is C28H31N3O6. The summed E-state index contributed by atoms with van der Waals surface area (Å²) in [6, 6.07) is 18.2. The highest BCUT2D eigenvalue weighted by Gasteiger charge is 2.31. The molecule has 1 saturated heterocycles. The molecule has 0 bridgehead atoms. The number of methoxy groups -OCH3 is 1. The van der Waals surface area contributed by atoms with Crippen molar-refractivity contribution in [3.63, 3.8) is 0 Å². The van der Waals surface area contributed by atoms with Crippen LogP contribution in [0.5, 0.6) is 5.75 Å². The van der Waals surface area contributed by atoms with Gasteiger partial charge in [-0.25, -0.2) is 0 Å². The fraction of sp³-hybridized carbons (Fsp3) is 0.357. The minimum atomic E-state index is -0.417. The maximum atomic E-state index is 13.5. The summed E-state index contributed by atoms with van der Waals surface area (Å²) in [4.78, 5) is 42.1. The number of piperidine rings is 1. The first kappa shape index (κ1) is 25.9. The molecule has 37 heavy (non-hydrogen) atoms. The van der Waals surface area contributed by atoms with Gasteiger partial charge in [-0.05, 0) is 49.6 Å². The lowest BCUT2D eigenvalue weighted by Gasteiger charge is -2.33. The van der Waals surface area contributed by atoms with Crippen LogP contribution in [0.15, 0.2) is 65.2 Å². The molecule has 0 N–H and O–H groups in total. The Balaban J connectivity index is 1.51. The Labute approximate surface area is 215 Å². The minimum Gasteiger partial charge on any atom is -0.497 e. The molecule has 2 heterocycles. The second kappa shape index (κ2) is 12.2. The average molecular weight is 506 g/mol. The van der Waals surface area contributed by atoms with Crippen molar-refractivity contribution in [2.24, 2.45) is 5.92 Å². The number of hydrogen-bond donors (Lipinski definition) is 0. The number of carbonyl (C=O) groups excluding carboxylic acids is 3. The molecule has 1 aliphatic heterocycles. The van der Waals surface area contributed by atoms with Crippen molar-refractivity contribution in [2.45, 2.75) is 26.3 Å². The number of likely N-dealkylation sites (tertiary alicyclic amines) is 1. The van der Waals surface area contributed by atoms with Gasteiger partial charge >= 0.3 is 5.97 Å². The van der Waals surface area contributed by atoms with E-state index in [0.29, 0.717) is 37.5 Å². The van der Waals surface area contributed by atoms with Crippen LogP contribution in [0.1, 0.15) is 35.8 Å². The predicted octanol–water partition coefficient (Wildman–Crippen LogP) is 3.79. The minimum absolute atomic E-state index is 0.109. The number of benzene rings is 2. The Hall–Kier alpha value is -4.14. The highest BCUT2D eigenvalue weighted by atomic mass is 16.5. The first-order valence-corrected chi connectivity index (χ1v) is 12.4. The van der Waals surface area contributed by atoms with Crippen LogP contribution in [0.2, 0.25) is 0 Å². The van der Waals surface area contributed by atoms with Gasteiger partial charge in [0, 0.05) is 31.3 Å². The number of ether oxygens (including phenoxy) is 2. The van der Waals surface area contributed by atoms with Gasteiger partial charge in [0.15, 0.2) is 11.5 Å². The molecule has 0 aliphatic carbocycles. The third-order valence-corrected chi connectivity index (χ3v) is 6.33. The van der Waals surface area contributed by atoms with Crippen molar-refractivity contribution in [1.29, 1.82) is 0 Å². The number of aromatic nitrogens is 1. The van der Waals surface area contributed by atoms with Gasteiger partial charge < -0.3 is 23.8 Å². The predicted molar refractivity (Wildman–Crippen MR) is 136 cm³/mol. The number of hydrogen-bond acceptors (Lipinski definition) is 7. The van der Waals surface area contributed by atoms with Crippen LogP contribution in [-0.4, -0.2) is 66.1 Å². The van der Waals surface area contributed by atoms with Gasteiger partial charge in [-0.1, -0.05) is 35.5 Å². The third kappa shape index (κ3) is 6.55. The average Bonchev–Trinajstić information content (AvgIpc) is 3.43. The molecular weight excluding hydrogens is 474 g/mol. The van der Waals surface area contributed by atoms with E-state index in [1.807, 2.05) is 42.5 Å².